The van der Waals surface area contributed by atoms with Gasteiger partial charge >= 0.3 is 0 Å². The SMILES string of the molecule is Clc1ccccc1-c1cnoc1C1CCCN1. The van der Waals surface area contributed by atoms with Crippen LogP contribution in [0.3, 0.4) is 0 Å². The molecule has 1 aliphatic rings. The highest BCUT2D eigenvalue weighted by molar-refractivity contribution is 6.33. The summed E-state index contributed by atoms with van der Waals surface area (Å²) >= 11 is 6.20. The lowest BCUT2D eigenvalue weighted by atomic mass is 10.0. The summed E-state index contributed by atoms with van der Waals surface area (Å²) in [6, 6.07) is 8.04. The van der Waals surface area contributed by atoms with E-state index in [0.717, 1.165) is 34.9 Å². The molecule has 1 saturated heterocycles. The first kappa shape index (κ1) is 10.8. The van der Waals surface area contributed by atoms with E-state index in [1.165, 1.54) is 6.42 Å². The molecule has 1 aliphatic heterocycles. The first-order valence-corrected chi connectivity index (χ1v) is 6.17. The smallest absolute Gasteiger partial charge is 0.161 e. The number of nitrogens with one attached hydrogen (secondary N) is 1. The summed E-state index contributed by atoms with van der Waals surface area (Å²) < 4.78 is 5.39. The molecule has 1 fully saturated rings. The van der Waals surface area contributed by atoms with Crippen molar-refractivity contribution in [2.24, 2.45) is 0 Å². The molecule has 0 spiro atoms. The average Bonchev–Trinajstić information content (AvgIpc) is 3.00. The standard InChI is InChI=1S/C13H13ClN2O/c14-11-5-2-1-4-9(11)10-8-16-17-13(10)12-6-3-7-15-12/h1-2,4-5,8,12,15H,3,6-7H2. The summed E-state index contributed by atoms with van der Waals surface area (Å²) in [5.41, 5.74) is 1.98. The van der Waals surface area contributed by atoms with Gasteiger partial charge in [-0.15, -0.1) is 0 Å². The molecule has 1 atom stereocenters. The van der Waals surface area contributed by atoms with E-state index in [-0.39, 0.29) is 6.04 Å². The number of benzene rings is 1. The van der Waals surface area contributed by atoms with Gasteiger partial charge in [0.05, 0.1) is 12.2 Å². The quantitative estimate of drug-likeness (QED) is 0.885. The zero-order valence-electron chi connectivity index (χ0n) is 9.32. The molecule has 3 nitrogen and oxygen atoms in total. The molecule has 0 aliphatic carbocycles. The van der Waals surface area contributed by atoms with Gasteiger partial charge in [0.2, 0.25) is 0 Å². The van der Waals surface area contributed by atoms with E-state index in [1.54, 1.807) is 6.20 Å². The van der Waals surface area contributed by atoms with Crippen LogP contribution in [0, 0.1) is 0 Å². The Bertz CT molecular complexity index is 518. The van der Waals surface area contributed by atoms with Crippen LogP contribution in [0.4, 0.5) is 0 Å². The minimum Gasteiger partial charge on any atom is -0.359 e. The van der Waals surface area contributed by atoms with Gasteiger partial charge in [-0.1, -0.05) is 35.0 Å². The average molecular weight is 249 g/mol. The molecule has 2 aromatic rings. The van der Waals surface area contributed by atoms with Crippen LogP contribution in [0.1, 0.15) is 24.6 Å². The Balaban J connectivity index is 2.04. The van der Waals surface area contributed by atoms with Crippen LogP contribution in [-0.4, -0.2) is 11.7 Å². The first-order valence-electron chi connectivity index (χ1n) is 5.79. The second-order valence-electron chi connectivity index (χ2n) is 4.23. The van der Waals surface area contributed by atoms with E-state index in [0.29, 0.717) is 0 Å². The number of hydrogen-bond acceptors (Lipinski definition) is 3. The maximum Gasteiger partial charge on any atom is 0.161 e. The summed E-state index contributed by atoms with van der Waals surface area (Å²) in [6.45, 7) is 1.04. The number of nitrogens with zero attached hydrogens (tertiary/aromatic N) is 1. The van der Waals surface area contributed by atoms with E-state index < -0.39 is 0 Å². The minimum absolute atomic E-state index is 0.267. The highest BCUT2D eigenvalue weighted by atomic mass is 35.5. The fourth-order valence-electron chi connectivity index (χ4n) is 2.29. The van der Waals surface area contributed by atoms with Gasteiger partial charge in [-0.05, 0) is 25.5 Å². The molecule has 0 radical (unpaired) electrons. The van der Waals surface area contributed by atoms with Crippen molar-refractivity contribution < 1.29 is 4.52 Å². The van der Waals surface area contributed by atoms with E-state index in [1.807, 2.05) is 24.3 Å². The lowest BCUT2D eigenvalue weighted by Gasteiger charge is -2.09. The van der Waals surface area contributed by atoms with Crippen LogP contribution in [0.25, 0.3) is 11.1 Å². The van der Waals surface area contributed by atoms with E-state index in [2.05, 4.69) is 10.5 Å². The van der Waals surface area contributed by atoms with Crippen molar-refractivity contribution in [3.63, 3.8) is 0 Å². The molecular weight excluding hydrogens is 236 g/mol. The second-order valence-corrected chi connectivity index (χ2v) is 4.64. The molecule has 1 N–H and O–H groups in total. The molecule has 1 aromatic heterocycles. The van der Waals surface area contributed by atoms with Crippen LogP contribution in [0.15, 0.2) is 35.0 Å². The van der Waals surface area contributed by atoms with Crippen LogP contribution < -0.4 is 5.32 Å². The molecule has 1 unspecified atom stereocenters. The summed E-state index contributed by atoms with van der Waals surface area (Å²) in [7, 11) is 0. The van der Waals surface area contributed by atoms with Gasteiger partial charge in [0.15, 0.2) is 5.76 Å². The van der Waals surface area contributed by atoms with Gasteiger partial charge in [-0.2, -0.15) is 0 Å². The predicted molar refractivity (Wildman–Crippen MR) is 66.9 cm³/mol. The molecule has 1 aromatic carbocycles. The Morgan fingerprint density at radius 3 is 2.94 bits per heavy atom. The maximum absolute atomic E-state index is 6.20. The second kappa shape index (κ2) is 4.51. The maximum atomic E-state index is 6.20. The summed E-state index contributed by atoms with van der Waals surface area (Å²) in [5, 5.41) is 8.05. The van der Waals surface area contributed by atoms with Crippen molar-refractivity contribution in [1.82, 2.24) is 10.5 Å². The number of halogens is 1. The predicted octanol–water partition coefficient (Wildman–Crippen LogP) is 3.42. The normalized spacial score (nSPS) is 19.7. The van der Waals surface area contributed by atoms with Crippen molar-refractivity contribution in [2.75, 3.05) is 6.54 Å². The third kappa shape index (κ3) is 1.96. The third-order valence-corrected chi connectivity index (χ3v) is 3.47. The van der Waals surface area contributed by atoms with Crippen molar-refractivity contribution in [3.8, 4) is 11.1 Å². The molecule has 3 rings (SSSR count). The number of hydrogen-bond donors (Lipinski definition) is 1. The van der Waals surface area contributed by atoms with Gasteiger partial charge in [0, 0.05) is 16.1 Å². The first-order chi connectivity index (χ1) is 8.36. The Hall–Kier alpha value is -1.32. The molecule has 17 heavy (non-hydrogen) atoms. The molecule has 0 amide bonds. The number of rotatable bonds is 2. The van der Waals surface area contributed by atoms with E-state index in [9.17, 15) is 0 Å². The lowest BCUT2D eigenvalue weighted by molar-refractivity contribution is 0.352. The summed E-state index contributed by atoms with van der Waals surface area (Å²) in [6.07, 6.45) is 4.01. The van der Waals surface area contributed by atoms with Crippen LogP contribution >= 0.6 is 11.6 Å². The highest BCUT2D eigenvalue weighted by Gasteiger charge is 2.24. The molecule has 4 heteroatoms. The Morgan fingerprint density at radius 2 is 2.18 bits per heavy atom. The minimum atomic E-state index is 0.267. The Morgan fingerprint density at radius 1 is 1.29 bits per heavy atom. The van der Waals surface area contributed by atoms with Crippen LogP contribution in [-0.2, 0) is 0 Å². The van der Waals surface area contributed by atoms with Crippen molar-refractivity contribution in [2.45, 2.75) is 18.9 Å². The van der Waals surface area contributed by atoms with Gasteiger partial charge < -0.3 is 9.84 Å². The van der Waals surface area contributed by atoms with Gasteiger partial charge in [0.1, 0.15) is 0 Å². The van der Waals surface area contributed by atoms with Crippen LogP contribution in [0.5, 0.6) is 0 Å². The highest BCUT2D eigenvalue weighted by Crippen LogP contribution is 2.35. The van der Waals surface area contributed by atoms with E-state index >= 15 is 0 Å². The molecule has 0 saturated carbocycles. The van der Waals surface area contributed by atoms with Gasteiger partial charge in [0.25, 0.3) is 0 Å². The topological polar surface area (TPSA) is 38.1 Å². The molecule has 0 bridgehead atoms. The lowest BCUT2D eigenvalue weighted by Crippen LogP contribution is -2.12. The van der Waals surface area contributed by atoms with Gasteiger partial charge in [-0.25, -0.2) is 0 Å². The molecule has 88 valence electrons. The Labute approximate surface area is 105 Å². The summed E-state index contributed by atoms with van der Waals surface area (Å²) in [5.74, 6) is 0.899. The van der Waals surface area contributed by atoms with E-state index in [4.69, 9.17) is 16.1 Å². The van der Waals surface area contributed by atoms with Crippen molar-refractivity contribution >= 4 is 11.6 Å². The van der Waals surface area contributed by atoms with Crippen molar-refractivity contribution in [3.05, 3.63) is 41.2 Å². The third-order valence-electron chi connectivity index (χ3n) is 3.14. The summed E-state index contributed by atoms with van der Waals surface area (Å²) in [4.78, 5) is 0. The Kier molecular flexibility index (Phi) is 2.87. The van der Waals surface area contributed by atoms with Gasteiger partial charge in [-0.3, -0.25) is 0 Å². The fourth-order valence-corrected chi connectivity index (χ4v) is 2.53. The molecular formula is C13H13ClN2O. The monoisotopic (exact) mass is 248 g/mol. The van der Waals surface area contributed by atoms with Crippen molar-refractivity contribution in [1.29, 1.82) is 0 Å². The fraction of sp³-hybridized carbons (Fsp3) is 0.308. The molecule has 2 heterocycles. The van der Waals surface area contributed by atoms with Crippen LogP contribution in [0.2, 0.25) is 5.02 Å². The number of aromatic nitrogens is 1. The zero-order chi connectivity index (χ0) is 11.7. The zero-order valence-corrected chi connectivity index (χ0v) is 10.1. The largest absolute Gasteiger partial charge is 0.359 e.